The molecule has 0 bridgehead atoms. The molecule has 4 heteroatoms. The molecule has 6 heavy (non-hydrogen) atoms. The molecule has 2 nitrogen and oxygen atoms in total. The quantitative estimate of drug-likeness (QED) is 0.341. The van der Waals surface area contributed by atoms with E-state index in [0.717, 1.165) is 0 Å². The minimum absolute atomic E-state index is 0. The Balaban J connectivity index is 0. The lowest BCUT2D eigenvalue weighted by Gasteiger charge is -1.83. The van der Waals surface area contributed by atoms with Gasteiger partial charge in [0.2, 0.25) is 0 Å². The third-order valence-electron chi connectivity index (χ3n) is 0.214. The number of thiol groups is 1. The van der Waals surface area contributed by atoms with Crippen molar-refractivity contribution in [2.75, 3.05) is 7.05 Å². The molecule has 0 unspecified atom stereocenters. The van der Waals surface area contributed by atoms with Crippen LogP contribution in [0, 0.1) is 0 Å². The van der Waals surface area contributed by atoms with Crippen molar-refractivity contribution in [1.82, 2.24) is 5.32 Å². The molecular formula is C2H7NOS2. The largest absolute Gasteiger partial charge is 0.412 e. The summed E-state index contributed by atoms with van der Waals surface area (Å²) in [7, 11) is 1.73. The van der Waals surface area contributed by atoms with Crippen LogP contribution in [0.3, 0.4) is 0 Å². The Bertz CT molecular complexity index is 46.8. The van der Waals surface area contributed by atoms with Crippen molar-refractivity contribution in [3.05, 3.63) is 0 Å². The van der Waals surface area contributed by atoms with Crippen LogP contribution in [-0.4, -0.2) is 16.8 Å². The van der Waals surface area contributed by atoms with Gasteiger partial charge in [-0.15, -0.1) is 12.6 Å². The maximum atomic E-state index is 4.45. The van der Waals surface area contributed by atoms with Crippen LogP contribution in [0.25, 0.3) is 0 Å². The van der Waals surface area contributed by atoms with E-state index < -0.39 is 0 Å². The van der Waals surface area contributed by atoms with Gasteiger partial charge < -0.3 is 10.8 Å². The lowest BCUT2D eigenvalue weighted by molar-refractivity contribution is 0.824. The molecule has 0 saturated heterocycles. The molecule has 0 saturated carbocycles. The van der Waals surface area contributed by atoms with Crippen molar-refractivity contribution < 1.29 is 5.48 Å². The maximum Gasteiger partial charge on any atom is 0.130 e. The van der Waals surface area contributed by atoms with E-state index in [1.165, 1.54) is 0 Å². The number of hydrogen-bond donors (Lipinski definition) is 2. The fourth-order valence-electron chi connectivity index (χ4n) is 0. The first-order valence-electron chi connectivity index (χ1n) is 1.18. The van der Waals surface area contributed by atoms with Crippen LogP contribution in [0.4, 0.5) is 0 Å². The monoisotopic (exact) mass is 125 g/mol. The Morgan fingerprint density at radius 2 is 2.00 bits per heavy atom. The van der Waals surface area contributed by atoms with Crippen LogP contribution in [0.2, 0.25) is 0 Å². The SMILES string of the molecule is CNC(=S)S.O. The standard InChI is InChI=1S/C2H5NS2.H2O/c1-3-2(4)5;/h1H3,(H2,3,4,5);1H2. The third-order valence-corrected chi connectivity index (χ3v) is 0.642. The minimum atomic E-state index is 0. The first-order valence-corrected chi connectivity index (χ1v) is 2.03. The van der Waals surface area contributed by atoms with E-state index in [-0.39, 0.29) is 5.48 Å². The van der Waals surface area contributed by atoms with Crippen LogP contribution in [0.15, 0.2) is 0 Å². The normalized spacial score (nSPS) is 5.67. The summed E-state index contributed by atoms with van der Waals surface area (Å²) in [6, 6.07) is 0. The van der Waals surface area contributed by atoms with Crippen molar-refractivity contribution in [2.24, 2.45) is 0 Å². The van der Waals surface area contributed by atoms with E-state index in [1.54, 1.807) is 7.05 Å². The molecule has 0 aliphatic carbocycles. The van der Waals surface area contributed by atoms with E-state index in [9.17, 15) is 0 Å². The smallest absolute Gasteiger partial charge is 0.130 e. The zero-order valence-corrected chi connectivity index (χ0v) is 5.07. The maximum absolute atomic E-state index is 4.45. The zero-order chi connectivity index (χ0) is 4.28. The Morgan fingerprint density at radius 1 is 1.83 bits per heavy atom. The van der Waals surface area contributed by atoms with Crippen LogP contribution in [0.1, 0.15) is 0 Å². The summed E-state index contributed by atoms with van der Waals surface area (Å²) in [6.07, 6.45) is 0. The van der Waals surface area contributed by atoms with Gasteiger partial charge in [-0.1, -0.05) is 12.2 Å². The van der Waals surface area contributed by atoms with E-state index in [4.69, 9.17) is 0 Å². The van der Waals surface area contributed by atoms with Gasteiger partial charge in [0.1, 0.15) is 4.32 Å². The van der Waals surface area contributed by atoms with Gasteiger partial charge in [0.15, 0.2) is 0 Å². The molecule has 3 N–H and O–H groups in total. The van der Waals surface area contributed by atoms with Gasteiger partial charge in [-0.05, 0) is 0 Å². The summed E-state index contributed by atoms with van der Waals surface area (Å²) in [4.78, 5) is 0. The Hall–Kier alpha value is 0.200. The van der Waals surface area contributed by atoms with Gasteiger partial charge in [-0.25, -0.2) is 0 Å². The molecule has 0 radical (unpaired) electrons. The van der Waals surface area contributed by atoms with E-state index in [1.807, 2.05) is 0 Å². The molecule has 38 valence electrons. The van der Waals surface area contributed by atoms with Crippen molar-refractivity contribution in [3.63, 3.8) is 0 Å². The first kappa shape index (κ1) is 9.50. The molecule has 0 aliphatic rings. The molecule has 0 fully saturated rings. The molecule has 0 spiro atoms. The highest BCUT2D eigenvalue weighted by molar-refractivity contribution is 8.11. The van der Waals surface area contributed by atoms with Gasteiger partial charge in [0.25, 0.3) is 0 Å². The molecular weight excluding hydrogens is 118 g/mol. The highest BCUT2D eigenvalue weighted by atomic mass is 32.1. The summed E-state index contributed by atoms with van der Waals surface area (Å²) >= 11 is 8.17. The van der Waals surface area contributed by atoms with Crippen LogP contribution >= 0.6 is 24.8 Å². The third kappa shape index (κ3) is 8.89. The molecule has 0 atom stereocenters. The number of hydrogen-bond acceptors (Lipinski definition) is 1. The number of thiocarbonyl (C=S) groups is 1. The van der Waals surface area contributed by atoms with E-state index in [0.29, 0.717) is 4.32 Å². The highest BCUT2D eigenvalue weighted by Gasteiger charge is 1.67. The predicted molar refractivity (Wildman–Crippen MR) is 34.3 cm³/mol. The summed E-state index contributed by atoms with van der Waals surface area (Å²) < 4.78 is 0.532. The second-order valence-electron chi connectivity index (χ2n) is 0.555. The van der Waals surface area contributed by atoms with Crippen LogP contribution < -0.4 is 5.32 Å². The van der Waals surface area contributed by atoms with Gasteiger partial charge in [-0.3, -0.25) is 0 Å². The van der Waals surface area contributed by atoms with Crippen molar-refractivity contribution in [2.45, 2.75) is 0 Å². The van der Waals surface area contributed by atoms with Crippen molar-refractivity contribution in [3.8, 4) is 0 Å². The van der Waals surface area contributed by atoms with Gasteiger partial charge in [-0.2, -0.15) is 0 Å². The fraction of sp³-hybridized carbons (Fsp3) is 0.500. The second-order valence-corrected chi connectivity index (χ2v) is 1.71. The average molecular weight is 125 g/mol. The number of rotatable bonds is 0. The Morgan fingerprint density at radius 3 is 2.00 bits per heavy atom. The molecule has 0 rings (SSSR count). The van der Waals surface area contributed by atoms with E-state index in [2.05, 4.69) is 30.2 Å². The lowest BCUT2D eigenvalue weighted by atomic mass is 11.2. The zero-order valence-electron chi connectivity index (χ0n) is 3.36. The van der Waals surface area contributed by atoms with Gasteiger partial charge >= 0.3 is 0 Å². The lowest BCUT2D eigenvalue weighted by Crippen LogP contribution is -2.06. The fourth-order valence-corrected chi connectivity index (χ4v) is 0. The summed E-state index contributed by atoms with van der Waals surface area (Å²) in [5.41, 5.74) is 0. The first-order chi connectivity index (χ1) is 2.27. The summed E-state index contributed by atoms with van der Waals surface area (Å²) in [5.74, 6) is 0. The molecule has 0 heterocycles. The molecule has 0 amide bonds. The summed E-state index contributed by atoms with van der Waals surface area (Å²) in [5, 5.41) is 2.62. The second kappa shape index (κ2) is 5.20. The molecule has 0 aliphatic heterocycles. The number of nitrogens with one attached hydrogen (secondary N) is 1. The minimum Gasteiger partial charge on any atom is -0.412 e. The Labute approximate surface area is 47.6 Å². The topological polar surface area (TPSA) is 43.5 Å². The van der Waals surface area contributed by atoms with Crippen molar-refractivity contribution >= 4 is 29.2 Å². The molecule has 0 aromatic heterocycles. The molecule has 0 aromatic rings. The van der Waals surface area contributed by atoms with Crippen LogP contribution in [-0.2, 0) is 0 Å². The Kier molecular flexibility index (Phi) is 8.24. The average Bonchev–Trinajstić information content (AvgIpc) is 1.38. The molecule has 0 aromatic carbocycles. The van der Waals surface area contributed by atoms with Gasteiger partial charge in [0.05, 0.1) is 0 Å². The van der Waals surface area contributed by atoms with E-state index >= 15 is 0 Å². The highest BCUT2D eigenvalue weighted by Crippen LogP contribution is 1.69. The van der Waals surface area contributed by atoms with Gasteiger partial charge in [0, 0.05) is 7.05 Å². The van der Waals surface area contributed by atoms with Crippen molar-refractivity contribution in [1.29, 1.82) is 0 Å². The summed E-state index contributed by atoms with van der Waals surface area (Å²) in [6.45, 7) is 0. The predicted octanol–water partition coefficient (Wildman–Crippen LogP) is -0.404. The van der Waals surface area contributed by atoms with Crippen LogP contribution in [0.5, 0.6) is 0 Å².